The van der Waals surface area contributed by atoms with Crippen LogP contribution in [0.3, 0.4) is 0 Å². The molecule has 1 saturated carbocycles. The van der Waals surface area contributed by atoms with Crippen molar-refractivity contribution in [3.8, 4) is 0 Å². The van der Waals surface area contributed by atoms with Gasteiger partial charge < -0.3 is 20.9 Å². The summed E-state index contributed by atoms with van der Waals surface area (Å²) in [7, 11) is 0. The normalized spacial score (nSPS) is 18.1. The maximum Gasteiger partial charge on any atom is 0.338 e. The van der Waals surface area contributed by atoms with Gasteiger partial charge in [-0.1, -0.05) is 18.2 Å². The van der Waals surface area contributed by atoms with Gasteiger partial charge in [-0.15, -0.1) is 6.58 Å². The third kappa shape index (κ3) is 7.83. The molecule has 0 heterocycles. The lowest BCUT2D eigenvalue weighted by Crippen LogP contribution is -2.24. The van der Waals surface area contributed by atoms with Crippen molar-refractivity contribution < 1.29 is 19.1 Å². The van der Waals surface area contributed by atoms with Crippen molar-refractivity contribution >= 4 is 29.4 Å². The van der Waals surface area contributed by atoms with E-state index in [4.69, 9.17) is 20.9 Å². The number of carbonyl (C=O) groups is 2. The predicted octanol–water partition coefficient (Wildman–Crippen LogP) is 5.29. The molecule has 0 saturated heterocycles. The van der Waals surface area contributed by atoms with Crippen molar-refractivity contribution in [2.75, 3.05) is 11.5 Å². The van der Waals surface area contributed by atoms with Gasteiger partial charge in [-0.3, -0.25) is 0 Å². The molecule has 1 aliphatic carbocycles. The highest BCUT2D eigenvalue weighted by atomic mass is 16.5. The maximum atomic E-state index is 12.5. The van der Waals surface area contributed by atoms with Gasteiger partial charge >= 0.3 is 11.9 Å². The van der Waals surface area contributed by atoms with Crippen molar-refractivity contribution in [1.82, 2.24) is 0 Å². The standard InChI is InChI=1S/C27H32N2O4/c1-2-3-4-19-7-12-25(13-8-19)33-27(31)22-10-5-20(6-11-22)9-14-26(30)32-18-21-15-23(28)17-24(29)16-21/h2,5-6,9-11,14-17,19,25H,1,3-4,7-8,12-13,18,28-29H2. The Labute approximate surface area is 195 Å². The highest BCUT2D eigenvalue weighted by molar-refractivity contribution is 5.90. The summed E-state index contributed by atoms with van der Waals surface area (Å²) in [6, 6.07) is 12.0. The third-order valence-corrected chi connectivity index (χ3v) is 5.82. The summed E-state index contributed by atoms with van der Waals surface area (Å²) in [4.78, 5) is 24.5. The molecule has 33 heavy (non-hydrogen) atoms. The van der Waals surface area contributed by atoms with Crippen LogP contribution in [-0.4, -0.2) is 18.0 Å². The Bertz CT molecular complexity index is 969. The summed E-state index contributed by atoms with van der Waals surface area (Å²) in [6.45, 7) is 3.86. The molecule has 6 heteroatoms. The minimum atomic E-state index is -0.483. The number of esters is 2. The van der Waals surface area contributed by atoms with Gasteiger partial charge in [-0.05, 0) is 92.0 Å². The van der Waals surface area contributed by atoms with Crippen LogP contribution >= 0.6 is 0 Å². The molecule has 2 aromatic carbocycles. The molecule has 0 radical (unpaired) electrons. The average Bonchev–Trinajstić information content (AvgIpc) is 2.80. The Kier molecular flexibility index (Phi) is 8.70. The predicted molar refractivity (Wildman–Crippen MR) is 131 cm³/mol. The molecule has 3 rings (SSSR count). The van der Waals surface area contributed by atoms with E-state index in [2.05, 4.69) is 6.58 Å². The molecule has 0 unspecified atom stereocenters. The first kappa shape index (κ1) is 24.1. The first-order valence-corrected chi connectivity index (χ1v) is 11.3. The van der Waals surface area contributed by atoms with Crippen molar-refractivity contribution in [3.63, 3.8) is 0 Å². The number of nitrogen functional groups attached to an aromatic ring is 2. The summed E-state index contributed by atoms with van der Waals surface area (Å²) < 4.78 is 10.9. The van der Waals surface area contributed by atoms with Crippen LogP contribution in [0.4, 0.5) is 11.4 Å². The molecule has 1 aliphatic rings. The number of hydrogen-bond acceptors (Lipinski definition) is 6. The molecule has 0 aromatic heterocycles. The van der Waals surface area contributed by atoms with Crippen molar-refractivity contribution in [2.24, 2.45) is 5.92 Å². The van der Waals surface area contributed by atoms with Crippen LogP contribution in [0.5, 0.6) is 0 Å². The van der Waals surface area contributed by atoms with Crippen LogP contribution in [0.15, 0.2) is 61.2 Å². The van der Waals surface area contributed by atoms with Gasteiger partial charge in [0.05, 0.1) is 5.56 Å². The van der Waals surface area contributed by atoms with Gasteiger partial charge in [0.15, 0.2) is 0 Å². The molecule has 0 spiro atoms. The first-order chi connectivity index (χ1) is 15.9. The van der Waals surface area contributed by atoms with E-state index in [1.807, 2.05) is 6.08 Å². The summed E-state index contributed by atoms with van der Waals surface area (Å²) in [5.41, 5.74) is 14.5. The zero-order valence-corrected chi connectivity index (χ0v) is 18.9. The molecular formula is C27H32N2O4. The third-order valence-electron chi connectivity index (χ3n) is 5.82. The molecule has 0 amide bonds. The Morgan fingerprint density at radius 1 is 1.00 bits per heavy atom. The van der Waals surface area contributed by atoms with Crippen LogP contribution in [0.2, 0.25) is 0 Å². The largest absolute Gasteiger partial charge is 0.459 e. The van der Waals surface area contributed by atoms with Gasteiger partial charge in [0.2, 0.25) is 0 Å². The van der Waals surface area contributed by atoms with Gasteiger partial charge in [0, 0.05) is 17.5 Å². The number of benzene rings is 2. The molecule has 0 bridgehead atoms. The fourth-order valence-corrected chi connectivity index (χ4v) is 4.04. The molecule has 0 atom stereocenters. The van der Waals surface area contributed by atoms with Crippen LogP contribution in [0, 0.1) is 5.92 Å². The van der Waals surface area contributed by atoms with E-state index in [1.165, 1.54) is 12.5 Å². The van der Waals surface area contributed by atoms with E-state index in [9.17, 15) is 9.59 Å². The summed E-state index contributed by atoms with van der Waals surface area (Å²) in [5, 5.41) is 0. The number of rotatable bonds is 9. The number of ether oxygens (including phenoxy) is 2. The number of nitrogens with two attached hydrogens (primary N) is 2. The Hall–Kier alpha value is -3.54. The number of anilines is 2. The average molecular weight is 449 g/mol. The smallest absolute Gasteiger partial charge is 0.338 e. The van der Waals surface area contributed by atoms with E-state index in [0.29, 0.717) is 22.9 Å². The van der Waals surface area contributed by atoms with Gasteiger partial charge in [0.25, 0.3) is 0 Å². The number of allylic oxidation sites excluding steroid dienone is 1. The molecule has 4 N–H and O–H groups in total. The van der Waals surface area contributed by atoms with E-state index in [1.54, 1.807) is 48.5 Å². The molecule has 0 aliphatic heterocycles. The van der Waals surface area contributed by atoms with Gasteiger partial charge in [-0.2, -0.15) is 0 Å². The molecule has 6 nitrogen and oxygen atoms in total. The van der Waals surface area contributed by atoms with E-state index < -0.39 is 5.97 Å². The fourth-order valence-electron chi connectivity index (χ4n) is 4.04. The van der Waals surface area contributed by atoms with Crippen LogP contribution in [0.1, 0.15) is 60.0 Å². The van der Waals surface area contributed by atoms with E-state index in [-0.39, 0.29) is 18.7 Å². The van der Waals surface area contributed by atoms with E-state index in [0.717, 1.165) is 43.2 Å². The molecule has 2 aromatic rings. The summed E-state index contributed by atoms with van der Waals surface area (Å²) in [5.74, 6) is -0.0799. The van der Waals surface area contributed by atoms with Crippen molar-refractivity contribution in [3.05, 3.63) is 77.9 Å². The quantitative estimate of drug-likeness (QED) is 0.234. The second kappa shape index (κ2) is 11.9. The highest BCUT2D eigenvalue weighted by Crippen LogP contribution is 2.30. The lowest BCUT2D eigenvalue weighted by molar-refractivity contribution is -0.138. The van der Waals surface area contributed by atoms with E-state index >= 15 is 0 Å². The fraction of sp³-hybridized carbons (Fsp3) is 0.333. The maximum absolute atomic E-state index is 12.5. The topological polar surface area (TPSA) is 105 Å². The minimum absolute atomic E-state index is 0.0119. The SMILES string of the molecule is C=CCCC1CCC(OC(=O)c2ccc(C=CC(=O)OCc3cc(N)cc(N)c3)cc2)CC1. The second-order valence-electron chi connectivity index (χ2n) is 8.49. The van der Waals surface area contributed by atoms with Crippen LogP contribution < -0.4 is 11.5 Å². The van der Waals surface area contributed by atoms with Crippen molar-refractivity contribution in [1.29, 1.82) is 0 Å². The molecular weight excluding hydrogens is 416 g/mol. The molecule has 174 valence electrons. The van der Waals surface area contributed by atoms with Gasteiger partial charge in [0.1, 0.15) is 12.7 Å². The zero-order chi connectivity index (χ0) is 23.6. The minimum Gasteiger partial charge on any atom is -0.459 e. The van der Waals surface area contributed by atoms with Crippen LogP contribution in [0.25, 0.3) is 6.08 Å². The number of carbonyl (C=O) groups excluding carboxylic acids is 2. The zero-order valence-electron chi connectivity index (χ0n) is 18.9. The summed E-state index contributed by atoms with van der Waals surface area (Å²) in [6.07, 6.45) is 11.2. The summed E-state index contributed by atoms with van der Waals surface area (Å²) >= 11 is 0. The lowest BCUT2D eigenvalue weighted by atomic mass is 9.84. The Morgan fingerprint density at radius 2 is 1.67 bits per heavy atom. The molecule has 1 fully saturated rings. The Morgan fingerprint density at radius 3 is 2.30 bits per heavy atom. The highest BCUT2D eigenvalue weighted by Gasteiger charge is 2.23. The van der Waals surface area contributed by atoms with Gasteiger partial charge in [-0.25, -0.2) is 9.59 Å². The monoisotopic (exact) mass is 448 g/mol. The lowest BCUT2D eigenvalue weighted by Gasteiger charge is -2.28. The Balaban J connectivity index is 1.44. The number of hydrogen-bond donors (Lipinski definition) is 2. The first-order valence-electron chi connectivity index (χ1n) is 11.3. The van der Waals surface area contributed by atoms with Crippen LogP contribution in [-0.2, 0) is 20.9 Å². The van der Waals surface area contributed by atoms with Crippen molar-refractivity contribution in [2.45, 2.75) is 51.2 Å². The second-order valence-corrected chi connectivity index (χ2v) is 8.49.